The van der Waals surface area contributed by atoms with Gasteiger partial charge < -0.3 is 0 Å². The highest BCUT2D eigenvalue weighted by molar-refractivity contribution is 5.84. The molecule has 0 saturated heterocycles. The lowest BCUT2D eigenvalue weighted by Gasteiger charge is -2.21. The molecule has 47 heavy (non-hydrogen) atoms. The Bertz CT molecular complexity index is 1880. The molecule has 0 aliphatic carbocycles. The van der Waals surface area contributed by atoms with E-state index >= 15 is 0 Å². The van der Waals surface area contributed by atoms with Crippen molar-refractivity contribution in [1.29, 1.82) is 0 Å². The summed E-state index contributed by atoms with van der Waals surface area (Å²) >= 11 is 0. The van der Waals surface area contributed by atoms with Crippen molar-refractivity contribution in [2.75, 3.05) is 0 Å². The molecule has 0 saturated carbocycles. The predicted octanol–water partition coefficient (Wildman–Crippen LogP) is 11.7. The van der Waals surface area contributed by atoms with Crippen LogP contribution in [0.2, 0.25) is 0 Å². The fraction of sp³-hybridized carbons (Fsp3) is 0.250. The highest BCUT2D eigenvalue weighted by atomic mass is 15.0. The quantitative estimate of drug-likeness (QED) is 0.194. The molecule has 0 unspecified atom stereocenters. The van der Waals surface area contributed by atoms with Crippen LogP contribution >= 0.6 is 0 Å². The van der Waals surface area contributed by atoms with Crippen LogP contribution < -0.4 is 0 Å². The van der Waals surface area contributed by atoms with Crippen LogP contribution in [0.3, 0.4) is 0 Å². The Kier molecular flexibility index (Phi) is 8.44. The number of aromatic nitrogens is 3. The van der Waals surface area contributed by atoms with E-state index in [0.717, 1.165) is 16.7 Å². The molecule has 0 aliphatic rings. The number of hydrogen-bond acceptors (Lipinski definition) is 3. The lowest BCUT2D eigenvalue weighted by molar-refractivity contribution is 0.590. The molecule has 0 amide bonds. The van der Waals surface area contributed by atoms with Crippen molar-refractivity contribution in [2.45, 2.75) is 73.1 Å². The summed E-state index contributed by atoms with van der Waals surface area (Å²) in [6.07, 6.45) is 0. The van der Waals surface area contributed by atoms with Gasteiger partial charge >= 0.3 is 0 Å². The average Bonchev–Trinajstić information content (AvgIpc) is 3.05. The zero-order valence-corrected chi connectivity index (χ0v) is 29.2. The summed E-state index contributed by atoms with van der Waals surface area (Å²) in [4.78, 5) is 15.2. The number of benzene rings is 5. The van der Waals surface area contributed by atoms with Crippen LogP contribution in [0.25, 0.3) is 56.4 Å². The number of aryl methyl sites for hydroxylation is 2. The molecular formula is C44H45N3. The Hall–Kier alpha value is -4.89. The molecule has 5 aromatic carbocycles. The van der Waals surface area contributed by atoms with Crippen LogP contribution in [0, 0.1) is 20.8 Å². The van der Waals surface area contributed by atoms with E-state index < -0.39 is 0 Å². The highest BCUT2D eigenvalue weighted by Gasteiger charge is 2.19. The number of hydrogen-bond donors (Lipinski definition) is 0. The molecule has 0 N–H and O–H groups in total. The van der Waals surface area contributed by atoms with E-state index in [-0.39, 0.29) is 10.8 Å². The van der Waals surface area contributed by atoms with Crippen molar-refractivity contribution in [3.05, 3.63) is 137 Å². The summed E-state index contributed by atoms with van der Waals surface area (Å²) in [5.41, 5.74) is 14.0. The fourth-order valence-electron chi connectivity index (χ4n) is 5.91. The van der Waals surface area contributed by atoms with Crippen LogP contribution in [-0.2, 0) is 10.8 Å². The molecule has 3 nitrogen and oxygen atoms in total. The van der Waals surface area contributed by atoms with Gasteiger partial charge in [-0.2, -0.15) is 0 Å². The van der Waals surface area contributed by atoms with Gasteiger partial charge in [0.15, 0.2) is 17.5 Å². The zero-order valence-electron chi connectivity index (χ0n) is 29.2. The molecule has 1 aromatic heterocycles. The van der Waals surface area contributed by atoms with Gasteiger partial charge in [0.05, 0.1) is 0 Å². The summed E-state index contributed by atoms with van der Waals surface area (Å²) in [6, 6.07) is 39.3. The maximum Gasteiger partial charge on any atom is 0.164 e. The average molecular weight is 616 g/mol. The van der Waals surface area contributed by atoms with Crippen molar-refractivity contribution >= 4 is 0 Å². The second-order valence-electron chi connectivity index (χ2n) is 14.9. The number of rotatable bonds is 5. The molecule has 236 valence electrons. The molecule has 1 heterocycles. The lowest BCUT2D eigenvalue weighted by atomic mass is 9.84. The van der Waals surface area contributed by atoms with Crippen molar-refractivity contribution in [2.24, 2.45) is 0 Å². The Labute approximate surface area is 280 Å². The third kappa shape index (κ3) is 6.95. The molecule has 0 spiro atoms. The van der Waals surface area contributed by atoms with Crippen molar-refractivity contribution < 1.29 is 0 Å². The van der Waals surface area contributed by atoms with Gasteiger partial charge in [-0.05, 0) is 82.7 Å². The van der Waals surface area contributed by atoms with E-state index in [4.69, 9.17) is 15.0 Å². The molecule has 0 bridgehead atoms. The zero-order chi connectivity index (χ0) is 33.5. The molecule has 0 fully saturated rings. The first-order chi connectivity index (χ1) is 22.3. The lowest BCUT2D eigenvalue weighted by Crippen LogP contribution is -2.10. The first-order valence-corrected chi connectivity index (χ1v) is 16.5. The van der Waals surface area contributed by atoms with Crippen LogP contribution in [0.15, 0.2) is 109 Å². The van der Waals surface area contributed by atoms with Gasteiger partial charge in [-0.3, -0.25) is 0 Å². The number of nitrogens with zero attached hydrogens (tertiary/aromatic N) is 3. The van der Waals surface area contributed by atoms with Crippen LogP contribution in [-0.4, -0.2) is 15.0 Å². The maximum atomic E-state index is 5.12. The van der Waals surface area contributed by atoms with E-state index in [1.54, 1.807) is 0 Å². The molecule has 6 rings (SSSR count). The fourth-order valence-corrected chi connectivity index (χ4v) is 5.91. The predicted molar refractivity (Wildman–Crippen MR) is 199 cm³/mol. The Morgan fingerprint density at radius 2 is 0.660 bits per heavy atom. The van der Waals surface area contributed by atoms with E-state index in [1.165, 1.54) is 50.1 Å². The molecule has 0 radical (unpaired) electrons. The standard InChI is InChI=1S/C44H45N3/c1-28-10-14-33(15-11-28)40-45-41(34-16-12-29(2)13-17-34)47-42(46-40)35-26-38(31-18-22-36(23-19-31)43(4,5)6)30(3)39(27-35)32-20-24-37(25-21-32)44(7,8)9/h10-27H,1-9H3. The van der Waals surface area contributed by atoms with Crippen molar-refractivity contribution in [1.82, 2.24) is 15.0 Å². The Morgan fingerprint density at radius 3 is 0.979 bits per heavy atom. The second-order valence-corrected chi connectivity index (χ2v) is 14.9. The van der Waals surface area contributed by atoms with Crippen molar-refractivity contribution in [3.63, 3.8) is 0 Å². The van der Waals surface area contributed by atoms with Crippen LogP contribution in [0.1, 0.15) is 69.4 Å². The SMILES string of the molecule is Cc1ccc(-c2nc(-c3ccc(C)cc3)nc(-c3cc(-c4ccc(C(C)(C)C)cc4)c(C)c(-c4ccc(C(C)(C)C)cc4)c3)n2)cc1. The van der Waals surface area contributed by atoms with Crippen LogP contribution in [0.5, 0.6) is 0 Å². The second kappa shape index (κ2) is 12.4. The van der Waals surface area contributed by atoms with Gasteiger partial charge in [-0.25, -0.2) is 15.0 Å². The summed E-state index contributed by atoms with van der Waals surface area (Å²) in [5.74, 6) is 1.99. The monoisotopic (exact) mass is 615 g/mol. The Balaban J connectivity index is 1.58. The van der Waals surface area contributed by atoms with Crippen LogP contribution in [0.4, 0.5) is 0 Å². The maximum absolute atomic E-state index is 5.12. The molecule has 0 atom stereocenters. The smallest absolute Gasteiger partial charge is 0.164 e. The van der Waals surface area contributed by atoms with Gasteiger partial charge in [0.2, 0.25) is 0 Å². The first kappa shape index (κ1) is 32.1. The molecule has 3 heteroatoms. The topological polar surface area (TPSA) is 38.7 Å². The summed E-state index contributed by atoms with van der Waals surface area (Å²) in [5, 5.41) is 0. The third-order valence-electron chi connectivity index (χ3n) is 9.04. The summed E-state index contributed by atoms with van der Waals surface area (Å²) in [6.45, 7) is 20.0. The summed E-state index contributed by atoms with van der Waals surface area (Å²) < 4.78 is 0. The van der Waals surface area contributed by atoms with E-state index in [2.05, 4.69) is 172 Å². The normalized spacial score (nSPS) is 11.9. The van der Waals surface area contributed by atoms with Crippen molar-refractivity contribution in [3.8, 4) is 56.4 Å². The minimum Gasteiger partial charge on any atom is -0.208 e. The minimum atomic E-state index is 0.0824. The molecule has 0 aliphatic heterocycles. The van der Waals surface area contributed by atoms with E-state index in [9.17, 15) is 0 Å². The summed E-state index contributed by atoms with van der Waals surface area (Å²) in [7, 11) is 0. The van der Waals surface area contributed by atoms with Gasteiger partial charge in [-0.15, -0.1) is 0 Å². The highest BCUT2D eigenvalue weighted by Crippen LogP contribution is 2.38. The minimum absolute atomic E-state index is 0.0824. The molecular weight excluding hydrogens is 571 g/mol. The van der Waals surface area contributed by atoms with Gasteiger partial charge in [0, 0.05) is 16.7 Å². The third-order valence-corrected chi connectivity index (χ3v) is 9.04. The van der Waals surface area contributed by atoms with Gasteiger partial charge in [0.1, 0.15) is 0 Å². The van der Waals surface area contributed by atoms with Gasteiger partial charge in [0.25, 0.3) is 0 Å². The van der Waals surface area contributed by atoms with Gasteiger partial charge in [-0.1, -0.05) is 150 Å². The largest absolute Gasteiger partial charge is 0.208 e. The van der Waals surface area contributed by atoms with E-state index in [1.807, 2.05) is 0 Å². The molecule has 6 aromatic rings. The van der Waals surface area contributed by atoms with E-state index in [0.29, 0.717) is 17.5 Å². The Morgan fingerprint density at radius 1 is 0.362 bits per heavy atom. The first-order valence-electron chi connectivity index (χ1n) is 16.5.